The highest BCUT2D eigenvalue weighted by atomic mass is 16.2. The van der Waals surface area contributed by atoms with Crippen LogP contribution in [0, 0.1) is 0 Å². The molecule has 3 aliphatic heterocycles. The minimum Gasteiger partial charge on any atom is -0.342 e. The molecule has 0 unspecified atom stereocenters. The SMILES string of the molecule is CCCCCCCCCCCC(=O)N1CCC2(CC1)C(=O)N(CC(=O)N1CCCC1)CN2c1ccccc1. The van der Waals surface area contributed by atoms with Crippen LogP contribution in [0.4, 0.5) is 5.69 Å². The van der Waals surface area contributed by atoms with Crippen LogP contribution in [0.15, 0.2) is 30.3 Å². The number of unbranched alkanes of at least 4 members (excludes halogenated alkanes) is 8. The summed E-state index contributed by atoms with van der Waals surface area (Å²) in [6.45, 7) is 5.60. The maximum atomic E-state index is 13.9. The molecule has 0 radical (unpaired) electrons. The Bertz CT molecular complexity index is 907. The lowest BCUT2D eigenvalue weighted by molar-refractivity contribution is -0.141. The highest BCUT2D eigenvalue weighted by Crippen LogP contribution is 2.39. The van der Waals surface area contributed by atoms with E-state index in [0.717, 1.165) is 44.5 Å². The van der Waals surface area contributed by atoms with Crippen molar-refractivity contribution in [1.29, 1.82) is 0 Å². The lowest BCUT2D eigenvalue weighted by atomic mass is 9.85. The number of anilines is 1. The average molecular weight is 525 g/mol. The first kappa shape index (κ1) is 28.4. The van der Waals surface area contributed by atoms with Crippen molar-refractivity contribution in [3.63, 3.8) is 0 Å². The number of hydrogen-bond donors (Lipinski definition) is 0. The minimum atomic E-state index is -0.679. The molecule has 3 fully saturated rings. The number of benzene rings is 1. The Morgan fingerprint density at radius 3 is 1.97 bits per heavy atom. The van der Waals surface area contributed by atoms with Crippen LogP contribution in [0.1, 0.15) is 96.8 Å². The van der Waals surface area contributed by atoms with Gasteiger partial charge in [0.25, 0.3) is 5.91 Å². The molecule has 0 aromatic heterocycles. The zero-order valence-electron chi connectivity index (χ0n) is 23.5. The van der Waals surface area contributed by atoms with E-state index in [2.05, 4.69) is 11.8 Å². The summed E-state index contributed by atoms with van der Waals surface area (Å²) in [7, 11) is 0. The van der Waals surface area contributed by atoms with Gasteiger partial charge in [-0.05, 0) is 44.2 Å². The average Bonchev–Trinajstić information content (AvgIpc) is 3.57. The third-order valence-corrected chi connectivity index (χ3v) is 8.80. The number of carbonyl (C=O) groups excluding carboxylic acids is 3. The minimum absolute atomic E-state index is 0.0416. The summed E-state index contributed by atoms with van der Waals surface area (Å²) in [6.07, 6.45) is 15.1. The largest absolute Gasteiger partial charge is 0.342 e. The topological polar surface area (TPSA) is 64.2 Å². The highest BCUT2D eigenvalue weighted by molar-refractivity contribution is 5.96. The first-order valence-electron chi connectivity index (χ1n) is 15.2. The Kier molecular flexibility index (Phi) is 10.5. The number of nitrogens with zero attached hydrogens (tertiary/aromatic N) is 4. The van der Waals surface area contributed by atoms with Gasteiger partial charge in [-0.15, -0.1) is 0 Å². The van der Waals surface area contributed by atoms with Gasteiger partial charge in [-0.2, -0.15) is 0 Å². The van der Waals surface area contributed by atoms with Crippen molar-refractivity contribution < 1.29 is 14.4 Å². The second-order valence-electron chi connectivity index (χ2n) is 11.5. The van der Waals surface area contributed by atoms with Crippen molar-refractivity contribution in [3.05, 3.63) is 30.3 Å². The van der Waals surface area contributed by atoms with E-state index in [1.54, 1.807) is 4.90 Å². The van der Waals surface area contributed by atoms with Gasteiger partial charge in [-0.3, -0.25) is 14.4 Å². The maximum absolute atomic E-state index is 13.9. The Morgan fingerprint density at radius 1 is 0.763 bits per heavy atom. The fraction of sp³-hybridized carbons (Fsp3) is 0.710. The Balaban J connectivity index is 1.29. The monoisotopic (exact) mass is 524 g/mol. The Morgan fingerprint density at radius 2 is 1.34 bits per heavy atom. The predicted molar refractivity (Wildman–Crippen MR) is 152 cm³/mol. The predicted octanol–water partition coefficient (Wildman–Crippen LogP) is 5.20. The van der Waals surface area contributed by atoms with Crippen molar-refractivity contribution in [2.75, 3.05) is 44.3 Å². The van der Waals surface area contributed by atoms with Crippen LogP contribution < -0.4 is 4.90 Å². The van der Waals surface area contributed by atoms with E-state index in [1.807, 2.05) is 40.1 Å². The van der Waals surface area contributed by atoms with Gasteiger partial charge >= 0.3 is 0 Å². The maximum Gasteiger partial charge on any atom is 0.250 e. The molecule has 0 bridgehead atoms. The van der Waals surface area contributed by atoms with E-state index in [4.69, 9.17) is 0 Å². The molecule has 7 heteroatoms. The van der Waals surface area contributed by atoms with Gasteiger partial charge in [0.2, 0.25) is 11.8 Å². The fourth-order valence-corrected chi connectivity index (χ4v) is 6.42. The molecule has 1 aromatic carbocycles. The standard InChI is InChI=1S/C31H48N4O3/c1-2-3-4-5-6-7-8-9-13-18-28(36)33-23-19-31(20-24-33)30(38)34(25-29(37)32-21-14-15-22-32)26-35(31)27-16-11-10-12-17-27/h10-12,16-17H,2-9,13-15,18-26H2,1H3. The molecule has 0 aliphatic carbocycles. The third-order valence-electron chi connectivity index (χ3n) is 8.80. The zero-order chi connectivity index (χ0) is 26.8. The quantitative estimate of drug-likeness (QED) is 0.333. The number of amides is 3. The van der Waals surface area contributed by atoms with E-state index in [1.165, 1.54) is 44.9 Å². The number of hydrogen-bond acceptors (Lipinski definition) is 4. The number of likely N-dealkylation sites (tertiary alicyclic amines) is 2. The Hall–Kier alpha value is -2.57. The number of para-hydroxylation sites is 1. The molecule has 7 nitrogen and oxygen atoms in total. The van der Waals surface area contributed by atoms with Crippen molar-refractivity contribution in [2.24, 2.45) is 0 Å². The van der Waals surface area contributed by atoms with Crippen LogP contribution in [0.3, 0.4) is 0 Å². The summed E-state index contributed by atoms with van der Waals surface area (Å²) >= 11 is 0. The molecule has 1 spiro atoms. The van der Waals surface area contributed by atoms with Crippen molar-refractivity contribution in [3.8, 4) is 0 Å². The molecule has 4 rings (SSSR count). The molecule has 3 saturated heterocycles. The highest BCUT2D eigenvalue weighted by Gasteiger charge is 2.54. The molecule has 1 aromatic rings. The van der Waals surface area contributed by atoms with Gasteiger partial charge in [-0.1, -0.05) is 76.5 Å². The van der Waals surface area contributed by atoms with Gasteiger partial charge in [0.05, 0.1) is 6.67 Å². The summed E-state index contributed by atoms with van der Waals surface area (Å²) in [4.78, 5) is 47.5. The van der Waals surface area contributed by atoms with E-state index in [-0.39, 0.29) is 24.3 Å². The summed E-state index contributed by atoms with van der Waals surface area (Å²) in [5.41, 5.74) is 0.327. The van der Waals surface area contributed by atoms with Crippen molar-refractivity contribution >= 4 is 23.4 Å². The van der Waals surface area contributed by atoms with Gasteiger partial charge in [0.15, 0.2) is 0 Å². The molecule has 38 heavy (non-hydrogen) atoms. The van der Waals surface area contributed by atoms with E-state index in [9.17, 15) is 14.4 Å². The summed E-state index contributed by atoms with van der Waals surface area (Å²) in [5.74, 6) is 0.315. The molecule has 0 saturated carbocycles. The Labute approximate surface area is 229 Å². The number of rotatable bonds is 13. The van der Waals surface area contributed by atoms with Crippen LogP contribution in [-0.2, 0) is 14.4 Å². The fourth-order valence-electron chi connectivity index (χ4n) is 6.42. The van der Waals surface area contributed by atoms with E-state index >= 15 is 0 Å². The normalized spacial score (nSPS) is 19.1. The van der Waals surface area contributed by atoms with Crippen LogP contribution >= 0.6 is 0 Å². The van der Waals surface area contributed by atoms with Gasteiger partial charge in [0, 0.05) is 38.3 Å². The lowest BCUT2D eigenvalue weighted by Crippen LogP contribution is -2.57. The summed E-state index contributed by atoms with van der Waals surface area (Å²) in [5, 5.41) is 0. The molecule has 3 heterocycles. The van der Waals surface area contributed by atoms with Crippen LogP contribution in [0.2, 0.25) is 0 Å². The van der Waals surface area contributed by atoms with Gasteiger partial charge in [-0.25, -0.2) is 0 Å². The number of piperidine rings is 1. The molecular formula is C31H48N4O3. The molecule has 0 atom stereocenters. The van der Waals surface area contributed by atoms with Crippen LogP contribution in [0.5, 0.6) is 0 Å². The lowest BCUT2D eigenvalue weighted by Gasteiger charge is -2.43. The second-order valence-corrected chi connectivity index (χ2v) is 11.5. The smallest absolute Gasteiger partial charge is 0.250 e. The number of carbonyl (C=O) groups is 3. The van der Waals surface area contributed by atoms with Crippen LogP contribution in [0.25, 0.3) is 0 Å². The molecule has 3 aliphatic rings. The zero-order valence-corrected chi connectivity index (χ0v) is 23.5. The third kappa shape index (κ3) is 6.89. The van der Waals surface area contributed by atoms with E-state index < -0.39 is 5.54 Å². The molecule has 3 amide bonds. The van der Waals surface area contributed by atoms with E-state index in [0.29, 0.717) is 39.0 Å². The molecule has 210 valence electrons. The first-order chi connectivity index (χ1) is 18.5. The molecular weight excluding hydrogens is 476 g/mol. The van der Waals surface area contributed by atoms with Crippen molar-refractivity contribution in [2.45, 2.75) is 102 Å². The summed E-state index contributed by atoms with van der Waals surface area (Å²) < 4.78 is 0. The van der Waals surface area contributed by atoms with Gasteiger partial charge < -0.3 is 19.6 Å². The van der Waals surface area contributed by atoms with Crippen molar-refractivity contribution in [1.82, 2.24) is 14.7 Å². The van der Waals surface area contributed by atoms with Crippen LogP contribution in [-0.4, -0.2) is 77.4 Å². The molecule has 0 N–H and O–H groups in total. The second kappa shape index (κ2) is 14.0. The van der Waals surface area contributed by atoms with Gasteiger partial charge in [0.1, 0.15) is 12.1 Å². The first-order valence-corrected chi connectivity index (χ1v) is 15.2. The summed E-state index contributed by atoms with van der Waals surface area (Å²) in [6, 6.07) is 10.1.